The Balaban J connectivity index is 2.98. The monoisotopic (exact) mass is 144 g/mol. The highest BCUT2D eigenvalue weighted by molar-refractivity contribution is 5.75. The summed E-state index contributed by atoms with van der Waals surface area (Å²) in [5, 5.41) is 3.12. The quantitative estimate of drug-likeness (QED) is 0.438. The fraction of sp³-hybridized carbons (Fsp3) is 0.857. The van der Waals surface area contributed by atoms with Crippen molar-refractivity contribution in [3.8, 4) is 0 Å². The summed E-state index contributed by atoms with van der Waals surface area (Å²) < 4.78 is 0. The second kappa shape index (κ2) is 5.38. The summed E-state index contributed by atoms with van der Waals surface area (Å²) in [4.78, 5) is 12.5. The molecule has 0 atom stereocenters. The molecule has 0 radical (unpaired) electrons. The Bertz CT molecular complexity index is 102. The van der Waals surface area contributed by atoms with Crippen LogP contribution in [0, 0.1) is 0 Å². The molecule has 0 aliphatic carbocycles. The topological polar surface area (TPSA) is 32.3 Å². The molecule has 0 bridgehead atoms. The van der Waals surface area contributed by atoms with E-state index in [0.717, 1.165) is 13.2 Å². The van der Waals surface area contributed by atoms with Gasteiger partial charge in [0, 0.05) is 19.6 Å². The molecule has 0 rings (SSSR count). The first-order valence-electron chi connectivity index (χ1n) is 3.48. The molecule has 3 nitrogen and oxygen atoms in total. The van der Waals surface area contributed by atoms with E-state index in [1.54, 1.807) is 6.92 Å². The predicted octanol–water partition coefficient (Wildman–Crippen LogP) is 0.0742. The second-order valence-corrected chi connectivity index (χ2v) is 2.69. The van der Waals surface area contributed by atoms with E-state index in [4.69, 9.17) is 0 Å². The molecule has 3 heteroatoms. The van der Waals surface area contributed by atoms with Gasteiger partial charge < -0.3 is 5.32 Å². The Morgan fingerprint density at radius 1 is 1.50 bits per heavy atom. The number of nitrogens with zero attached hydrogens (tertiary/aromatic N) is 1. The van der Waals surface area contributed by atoms with Crippen molar-refractivity contribution >= 4 is 5.78 Å². The van der Waals surface area contributed by atoms with Crippen LogP contribution in [0.2, 0.25) is 0 Å². The van der Waals surface area contributed by atoms with Crippen molar-refractivity contribution in [3.63, 3.8) is 0 Å². The Labute approximate surface area is 62.4 Å². The van der Waals surface area contributed by atoms with Gasteiger partial charge in [-0.25, -0.2) is 0 Å². The van der Waals surface area contributed by atoms with Crippen molar-refractivity contribution in [3.05, 3.63) is 0 Å². The molecule has 0 saturated carbocycles. The number of ketones is 1. The normalized spacial score (nSPS) is 10.4. The van der Waals surface area contributed by atoms with Crippen molar-refractivity contribution in [1.82, 2.24) is 10.2 Å². The van der Waals surface area contributed by atoms with Gasteiger partial charge in [0.15, 0.2) is 0 Å². The zero-order valence-corrected chi connectivity index (χ0v) is 6.98. The molecule has 0 aliphatic heterocycles. The van der Waals surface area contributed by atoms with E-state index < -0.39 is 0 Å². The fourth-order valence-corrected chi connectivity index (χ4v) is 0.567. The minimum Gasteiger partial charge on any atom is -0.304 e. The smallest absolute Gasteiger partial charge is 0.131 e. The molecule has 0 unspecified atom stereocenters. The van der Waals surface area contributed by atoms with Crippen LogP contribution >= 0.6 is 0 Å². The standard InChI is InChI=1S/C7H16N2O/c1-7(10)4-5-8-6-9(2)3/h8H,4-6H2,1-3H3. The lowest BCUT2D eigenvalue weighted by atomic mass is 10.3. The molecule has 0 aromatic carbocycles. The minimum absolute atomic E-state index is 0.242. The van der Waals surface area contributed by atoms with Gasteiger partial charge in [0.2, 0.25) is 0 Å². The molecule has 1 N–H and O–H groups in total. The number of Topliss-reactive ketones (excluding diaryl/α,β-unsaturated/α-hetero) is 1. The van der Waals surface area contributed by atoms with Crippen molar-refractivity contribution in [2.24, 2.45) is 0 Å². The van der Waals surface area contributed by atoms with Gasteiger partial charge in [-0.3, -0.25) is 9.69 Å². The molecule has 0 saturated heterocycles. The number of carbonyl (C=O) groups is 1. The molecule has 0 aliphatic rings. The third-order valence-corrected chi connectivity index (χ3v) is 1.08. The molecule has 10 heavy (non-hydrogen) atoms. The van der Waals surface area contributed by atoms with Gasteiger partial charge in [-0.15, -0.1) is 0 Å². The lowest BCUT2D eigenvalue weighted by Gasteiger charge is -2.09. The largest absolute Gasteiger partial charge is 0.304 e. The average molecular weight is 144 g/mol. The average Bonchev–Trinajstić information content (AvgIpc) is 1.79. The lowest BCUT2D eigenvalue weighted by Crippen LogP contribution is -2.29. The molecular formula is C7H16N2O. The highest BCUT2D eigenvalue weighted by Gasteiger charge is 1.92. The zero-order chi connectivity index (χ0) is 7.98. The summed E-state index contributed by atoms with van der Waals surface area (Å²) in [5.41, 5.74) is 0. The summed E-state index contributed by atoms with van der Waals surface area (Å²) in [6.07, 6.45) is 0.633. The number of hydrogen-bond acceptors (Lipinski definition) is 3. The Morgan fingerprint density at radius 3 is 2.50 bits per heavy atom. The van der Waals surface area contributed by atoms with Gasteiger partial charge in [-0.05, 0) is 21.0 Å². The van der Waals surface area contributed by atoms with Crippen LogP contribution in [0.15, 0.2) is 0 Å². The third kappa shape index (κ3) is 7.59. The van der Waals surface area contributed by atoms with E-state index in [0.29, 0.717) is 6.42 Å². The van der Waals surface area contributed by atoms with Crippen LogP contribution in [-0.4, -0.2) is 38.0 Å². The molecule has 0 aromatic rings. The predicted molar refractivity (Wildman–Crippen MR) is 41.9 cm³/mol. The number of hydrogen-bond donors (Lipinski definition) is 1. The maximum Gasteiger partial charge on any atom is 0.131 e. The summed E-state index contributed by atoms with van der Waals surface area (Å²) >= 11 is 0. The van der Waals surface area contributed by atoms with Crippen molar-refractivity contribution in [1.29, 1.82) is 0 Å². The van der Waals surface area contributed by atoms with Crippen LogP contribution in [0.4, 0.5) is 0 Å². The van der Waals surface area contributed by atoms with Gasteiger partial charge in [0.1, 0.15) is 5.78 Å². The van der Waals surface area contributed by atoms with Crippen LogP contribution < -0.4 is 5.32 Å². The van der Waals surface area contributed by atoms with E-state index in [9.17, 15) is 4.79 Å². The third-order valence-electron chi connectivity index (χ3n) is 1.08. The Morgan fingerprint density at radius 2 is 2.10 bits per heavy atom. The van der Waals surface area contributed by atoms with Crippen molar-refractivity contribution in [2.75, 3.05) is 27.3 Å². The molecule has 0 spiro atoms. The van der Waals surface area contributed by atoms with Crippen LogP contribution in [0.1, 0.15) is 13.3 Å². The van der Waals surface area contributed by atoms with E-state index in [1.165, 1.54) is 0 Å². The molecule has 0 aromatic heterocycles. The molecule has 60 valence electrons. The number of rotatable bonds is 5. The highest BCUT2D eigenvalue weighted by Crippen LogP contribution is 1.77. The summed E-state index contributed by atoms with van der Waals surface area (Å²) in [5.74, 6) is 0.242. The number of carbonyl (C=O) groups excluding carboxylic acids is 1. The Hall–Kier alpha value is -0.410. The highest BCUT2D eigenvalue weighted by atomic mass is 16.1. The van der Waals surface area contributed by atoms with Crippen LogP contribution in [0.3, 0.4) is 0 Å². The fourth-order valence-electron chi connectivity index (χ4n) is 0.567. The van der Waals surface area contributed by atoms with Crippen molar-refractivity contribution < 1.29 is 4.79 Å². The molecular weight excluding hydrogens is 128 g/mol. The van der Waals surface area contributed by atoms with Gasteiger partial charge in [0.05, 0.1) is 0 Å². The summed E-state index contributed by atoms with van der Waals surface area (Å²) in [6, 6.07) is 0. The lowest BCUT2D eigenvalue weighted by molar-refractivity contribution is -0.116. The summed E-state index contributed by atoms with van der Waals surface area (Å²) in [7, 11) is 3.97. The first-order valence-corrected chi connectivity index (χ1v) is 3.48. The van der Waals surface area contributed by atoms with E-state index in [-0.39, 0.29) is 5.78 Å². The molecule has 0 fully saturated rings. The second-order valence-electron chi connectivity index (χ2n) is 2.69. The minimum atomic E-state index is 0.242. The Kier molecular flexibility index (Phi) is 5.16. The maximum absolute atomic E-state index is 10.4. The maximum atomic E-state index is 10.4. The number of nitrogens with one attached hydrogen (secondary N) is 1. The summed E-state index contributed by atoms with van der Waals surface area (Å²) in [6.45, 7) is 3.23. The molecule has 0 heterocycles. The van der Waals surface area contributed by atoms with Gasteiger partial charge >= 0.3 is 0 Å². The van der Waals surface area contributed by atoms with Crippen LogP contribution in [0.5, 0.6) is 0 Å². The first kappa shape index (κ1) is 9.59. The first-order chi connectivity index (χ1) is 4.63. The van der Waals surface area contributed by atoms with Crippen molar-refractivity contribution in [2.45, 2.75) is 13.3 Å². The molecule has 0 amide bonds. The van der Waals surface area contributed by atoms with Crippen LogP contribution in [-0.2, 0) is 4.79 Å². The van der Waals surface area contributed by atoms with E-state index in [1.807, 2.05) is 19.0 Å². The SMILES string of the molecule is CC(=O)CCNCN(C)C. The van der Waals surface area contributed by atoms with Gasteiger partial charge in [-0.2, -0.15) is 0 Å². The van der Waals surface area contributed by atoms with E-state index >= 15 is 0 Å². The van der Waals surface area contributed by atoms with Crippen LogP contribution in [0.25, 0.3) is 0 Å². The van der Waals surface area contributed by atoms with Gasteiger partial charge in [-0.1, -0.05) is 0 Å². The van der Waals surface area contributed by atoms with E-state index in [2.05, 4.69) is 5.32 Å². The zero-order valence-electron chi connectivity index (χ0n) is 6.98. The van der Waals surface area contributed by atoms with Gasteiger partial charge in [0.25, 0.3) is 0 Å².